The minimum Gasteiger partial charge on any atom is -0.492 e. The summed E-state index contributed by atoms with van der Waals surface area (Å²) in [5.41, 5.74) is 1.48. The molecular weight excluding hydrogens is 587 g/mol. The smallest absolute Gasteiger partial charge is 0.251 e. The molecule has 2 unspecified atom stereocenters. The predicted molar refractivity (Wildman–Crippen MR) is 173 cm³/mol. The normalized spacial score (nSPS) is 16.3. The average molecular weight is 631 g/mol. The fourth-order valence-corrected chi connectivity index (χ4v) is 6.72. The third-order valence-corrected chi connectivity index (χ3v) is 9.43. The zero-order chi connectivity index (χ0) is 30.6. The first-order valence-electron chi connectivity index (χ1n) is 15.5. The van der Waals surface area contributed by atoms with Crippen LogP contribution in [0.3, 0.4) is 0 Å². The zero-order valence-electron chi connectivity index (χ0n) is 25.2. The molecule has 3 aromatic rings. The van der Waals surface area contributed by atoms with E-state index in [4.69, 9.17) is 20.8 Å². The number of aliphatic hydroxyl groups excluding tert-OH is 1. The van der Waals surface area contributed by atoms with Crippen molar-refractivity contribution in [2.75, 3.05) is 11.5 Å². The molecule has 1 aliphatic rings. The van der Waals surface area contributed by atoms with Crippen LogP contribution >= 0.6 is 23.4 Å². The largest absolute Gasteiger partial charge is 0.492 e. The number of halogens is 2. The van der Waals surface area contributed by atoms with E-state index in [0.29, 0.717) is 29.4 Å². The number of amides is 1. The lowest BCUT2D eigenvalue weighted by molar-refractivity contribution is 0.0948. The van der Waals surface area contributed by atoms with Gasteiger partial charge in [0, 0.05) is 16.0 Å². The molecule has 0 spiro atoms. The summed E-state index contributed by atoms with van der Waals surface area (Å²) in [5.74, 6) is 0.431. The quantitative estimate of drug-likeness (QED) is 0.145. The second-order valence-electron chi connectivity index (χ2n) is 11.2. The lowest BCUT2D eigenvalue weighted by Gasteiger charge is -2.39. The molecule has 2 atom stereocenters. The molecule has 0 saturated heterocycles. The van der Waals surface area contributed by atoms with Crippen LogP contribution in [0.4, 0.5) is 10.1 Å². The van der Waals surface area contributed by atoms with E-state index in [-0.39, 0.29) is 34.8 Å². The van der Waals surface area contributed by atoms with Crippen molar-refractivity contribution in [3.63, 3.8) is 0 Å². The van der Waals surface area contributed by atoms with E-state index >= 15 is 4.39 Å². The fraction of sp³-hybridized carbons (Fsp3) is 0.500. The van der Waals surface area contributed by atoms with E-state index in [0.717, 1.165) is 17.7 Å². The van der Waals surface area contributed by atoms with Crippen LogP contribution in [0.25, 0.3) is 0 Å². The molecule has 6 nitrogen and oxygen atoms in total. The minimum atomic E-state index is -0.872. The maximum atomic E-state index is 15.1. The van der Waals surface area contributed by atoms with Crippen molar-refractivity contribution >= 4 is 35.0 Å². The molecule has 0 aliphatic carbocycles. The van der Waals surface area contributed by atoms with Gasteiger partial charge in [-0.2, -0.15) is 0 Å². The van der Waals surface area contributed by atoms with Crippen LogP contribution in [0.2, 0.25) is 5.02 Å². The number of fused-ring (bicyclic) bond motifs is 1. The molecule has 2 N–H and O–H groups in total. The van der Waals surface area contributed by atoms with Crippen LogP contribution in [0.1, 0.15) is 99.7 Å². The molecule has 0 saturated carbocycles. The van der Waals surface area contributed by atoms with E-state index in [1.807, 2.05) is 6.92 Å². The first-order chi connectivity index (χ1) is 20.9. The number of benzene rings is 2. The molecule has 0 radical (unpaired) electrons. The van der Waals surface area contributed by atoms with E-state index in [1.165, 1.54) is 69.2 Å². The number of nitrogens with one attached hydrogen (secondary N) is 1. The van der Waals surface area contributed by atoms with Crippen LogP contribution in [0.5, 0.6) is 5.75 Å². The van der Waals surface area contributed by atoms with Crippen molar-refractivity contribution in [3.05, 3.63) is 76.5 Å². The maximum absolute atomic E-state index is 15.1. The molecule has 2 aromatic carbocycles. The number of unbranched alkanes of at least 4 members (excludes halogenated alkanes) is 9. The number of carbonyl (C=O) groups is 1. The summed E-state index contributed by atoms with van der Waals surface area (Å²) in [4.78, 5) is 15.3. The molecule has 9 heteroatoms. The lowest BCUT2D eigenvalue weighted by atomic mass is 10.1. The number of hydrogen-bond donors (Lipinski definition) is 2. The van der Waals surface area contributed by atoms with Crippen LogP contribution in [-0.4, -0.2) is 29.1 Å². The van der Waals surface area contributed by atoms with E-state index < -0.39 is 12.0 Å². The van der Waals surface area contributed by atoms with Gasteiger partial charge >= 0.3 is 0 Å². The average Bonchev–Trinajstić information content (AvgIpc) is 3.53. The Bertz CT molecular complexity index is 1310. The van der Waals surface area contributed by atoms with Gasteiger partial charge in [-0.3, -0.25) is 4.79 Å². The third-order valence-electron chi connectivity index (χ3n) is 7.82. The highest BCUT2D eigenvalue weighted by molar-refractivity contribution is 8.00. The van der Waals surface area contributed by atoms with Crippen LogP contribution in [0.15, 0.2) is 58.0 Å². The van der Waals surface area contributed by atoms with Gasteiger partial charge in [0.05, 0.1) is 41.9 Å². The van der Waals surface area contributed by atoms with Gasteiger partial charge in [-0.05, 0) is 55.8 Å². The summed E-state index contributed by atoms with van der Waals surface area (Å²) < 4.78 is 26.4. The summed E-state index contributed by atoms with van der Waals surface area (Å²) in [6.45, 7) is 5.01. The molecule has 1 aliphatic heterocycles. The van der Waals surface area contributed by atoms with Crippen LogP contribution in [-0.2, 0) is 13.1 Å². The molecule has 4 rings (SSSR count). The van der Waals surface area contributed by atoms with Crippen molar-refractivity contribution in [1.82, 2.24) is 5.32 Å². The number of hydrogen-bond acceptors (Lipinski definition) is 6. The number of furan rings is 1. The Balaban J connectivity index is 1.34. The molecule has 0 bridgehead atoms. The van der Waals surface area contributed by atoms with Crippen molar-refractivity contribution in [2.24, 2.45) is 0 Å². The highest BCUT2D eigenvalue weighted by Gasteiger charge is 2.33. The Hall–Kier alpha value is -2.68. The second-order valence-corrected chi connectivity index (χ2v) is 13.0. The summed E-state index contributed by atoms with van der Waals surface area (Å²) in [6.07, 6.45) is 13.1. The number of anilines is 1. The van der Waals surface area contributed by atoms with Gasteiger partial charge in [0.25, 0.3) is 5.91 Å². The Kier molecular flexibility index (Phi) is 13.1. The van der Waals surface area contributed by atoms with Crippen molar-refractivity contribution in [3.8, 4) is 5.75 Å². The number of ether oxygens (including phenoxy) is 1. The molecule has 0 fully saturated rings. The fourth-order valence-electron chi connectivity index (χ4n) is 5.28. The van der Waals surface area contributed by atoms with Gasteiger partial charge in [0.1, 0.15) is 23.6 Å². The summed E-state index contributed by atoms with van der Waals surface area (Å²) in [5, 5.41) is 14.0. The van der Waals surface area contributed by atoms with Crippen molar-refractivity contribution in [2.45, 2.75) is 108 Å². The van der Waals surface area contributed by atoms with E-state index in [2.05, 4.69) is 12.2 Å². The Labute approximate surface area is 264 Å². The number of rotatable bonds is 17. The van der Waals surface area contributed by atoms with Gasteiger partial charge in [-0.15, -0.1) is 11.8 Å². The summed E-state index contributed by atoms with van der Waals surface area (Å²) in [6, 6.07) is 11.8. The zero-order valence-corrected chi connectivity index (χ0v) is 26.8. The Morgan fingerprint density at radius 2 is 1.79 bits per heavy atom. The van der Waals surface area contributed by atoms with Crippen molar-refractivity contribution < 1.29 is 23.4 Å². The van der Waals surface area contributed by atoms with Crippen LogP contribution < -0.4 is 15.0 Å². The topological polar surface area (TPSA) is 74.9 Å². The molecule has 234 valence electrons. The van der Waals surface area contributed by atoms with E-state index in [9.17, 15) is 9.90 Å². The predicted octanol–water partition coefficient (Wildman–Crippen LogP) is 9.12. The molecular formula is C34H44ClFN2O4S. The maximum Gasteiger partial charge on any atom is 0.251 e. The van der Waals surface area contributed by atoms with E-state index in [1.54, 1.807) is 47.6 Å². The SMILES string of the molecule is CCCCCCCCCCCCOc1ccc(F)c(CN2c3ccc(C(=O)NCc4ccco4)cc3SC(C)C2O)c1Cl. The van der Waals surface area contributed by atoms with Gasteiger partial charge in [-0.25, -0.2) is 4.39 Å². The minimum absolute atomic E-state index is 0.0588. The summed E-state index contributed by atoms with van der Waals surface area (Å²) >= 11 is 8.16. The monoisotopic (exact) mass is 630 g/mol. The summed E-state index contributed by atoms with van der Waals surface area (Å²) in [7, 11) is 0. The number of thioether (sulfide) groups is 1. The van der Waals surface area contributed by atoms with Crippen LogP contribution in [0, 0.1) is 5.82 Å². The van der Waals surface area contributed by atoms with Gasteiger partial charge in [0.15, 0.2) is 0 Å². The first kappa shape index (κ1) is 33.2. The molecule has 1 aromatic heterocycles. The number of carbonyl (C=O) groups excluding carboxylic acids is 1. The molecule has 2 heterocycles. The Morgan fingerprint density at radius 1 is 1.07 bits per heavy atom. The number of nitrogens with zero attached hydrogens (tertiary/aromatic N) is 1. The first-order valence-corrected chi connectivity index (χ1v) is 16.8. The van der Waals surface area contributed by atoms with Gasteiger partial charge < -0.3 is 24.5 Å². The highest BCUT2D eigenvalue weighted by atomic mass is 35.5. The number of aliphatic hydroxyl groups is 1. The van der Waals surface area contributed by atoms with Crippen molar-refractivity contribution in [1.29, 1.82) is 0 Å². The standard InChI is InChI=1S/C34H44ClFN2O4S/c1-3-4-5-6-7-8-9-10-11-12-19-42-30-18-16-28(36)27(32(30)35)23-38-29-17-15-25(21-31(29)43-24(2)34(38)40)33(39)37-22-26-14-13-20-41-26/h13-18,20-21,24,34,40H,3-12,19,22-23H2,1-2H3,(H,37,39). The highest BCUT2D eigenvalue weighted by Crippen LogP contribution is 2.43. The third kappa shape index (κ3) is 9.40. The van der Waals surface area contributed by atoms with Gasteiger partial charge in [0.2, 0.25) is 0 Å². The molecule has 1 amide bonds. The molecule has 43 heavy (non-hydrogen) atoms. The lowest BCUT2D eigenvalue weighted by Crippen LogP contribution is -2.44. The van der Waals surface area contributed by atoms with Gasteiger partial charge in [-0.1, -0.05) is 76.3 Å². The second kappa shape index (κ2) is 17.0. The Morgan fingerprint density at radius 3 is 2.49 bits per heavy atom.